The van der Waals surface area contributed by atoms with Gasteiger partial charge in [0.05, 0.1) is 11.9 Å². The molecule has 0 aliphatic heterocycles. The minimum atomic E-state index is -0.320. The molecule has 0 spiro atoms. The highest BCUT2D eigenvalue weighted by Crippen LogP contribution is 2.19. The largest absolute Gasteiger partial charge is 0.328 e. The van der Waals surface area contributed by atoms with Crippen LogP contribution in [0.2, 0.25) is 0 Å². The standard InChI is InChI=1S/C12H13FN4/c1-8(14)6-12-16-11(7-15-17-12)9-4-2-3-5-10(9)13/h2-5,7-8H,6,14H2,1H3. The molecule has 4 nitrogen and oxygen atoms in total. The molecule has 5 heteroatoms. The fraction of sp³-hybridized carbons (Fsp3) is 0.250. The number of aromatic nitrogens is 3. The van der Waals surface area contributed by atoms with Gasteiger partial charge >= 0.3 is 0 Å². The van der Waals surface area contributed by atoms with Crippen molar-refractivity contribution in [1.82, 2.24) is 15.2 Å². The molecule has 0 aliphatic carbocycles. The van der Waals surface area contributed by atoms with Gasteiger partial charge in [0, 0.05) is 18.0 Å². The maximum Gasteiger partial charge on any atom is 0.153 e. The minimum Gasteiger partial charge on any atom is -0.328 e. The Morgan fingerprint density at radius 1 is 1.35 bits per heavy atom. The number of rotatable bonds is 3. The van der Waals surface area contributed by atoms with Crippen LogP contribution < -0.4 is 5.73 Å². The van der Waals surface area contributed by atoms with Crippen LogP contribution in [0, 0.1) is 5.82 Å². The van der Waals surface area contributed by atoms with E-state index < -0.39 is 0 Å². The fourth-order valence-corrected chi connectivity index (χ4v) is 1.51. The molecule has 0 aliphatic rings. The normalized spacial score (nSPS) is 12.4. The molecule has 0 radical (unpaired) electrons. The first-order valence-corrected chi connectivity index (χ1v) is 5.36. The van der Waals surface area contributed by atoms with E-state index in [1.165, 1.54) is 12.3 Å². The Morgan fingerprint density at radius 2 is 2.12 bits per heavy atom. The van der Waals surface area contributed by atoms with Crippen LogP contribution in [0.1, 0.15) is 12.7 Å². The summed E-state index contributed by atoms with van der Waals surface area (Å²) < 4.78 is 13.6. The highest BCUT2D eigenvalue weighted by atomic mass is 19.1. The lowest BCUT2D eigenvalue weighted by Crippen LogP contribution is -2.19. The molecule has 1 atom stereocenters. The van der Waals surface area contributed by atoms with Crippen molar-refractivity contribution in [2.24, 2.45) is 5.73 Å². The topological polar surface area (TPSA) is 64.7 Å². The molecule has 0 bridgehead atoms. The van der Waals surface area contributed by atoms with E-state index in [0.29, 0.717) is 23.5 Å². The zero-order valence-corrected chi connectivity index (χ0v) is 9.47. The molecule has 1 unspecified atom stereocenters. The molecule has 17 heavy (non-hydrogen) atoms. The molecule has 0 amide bonds. The van der Waals surface area contributed by atoms with Gasteiger partial charge < -0.3 is 5.73 Å². The van der Waals surface area contributed by atoms with E-state index in [-0.39, 0.29) is 11.9 Å². The lowest BCUT2D eigenvalue weighted by Gasteiger charge is -2.05. The number of nitrogens with zero attached hydrogens (tertiary/aromatic N) is 3. The summed E-state index contributed by atoms with van der Waals surface area (Å²) in [5.41, 5.74) is 6.57. The number of benzene rings is 1. The molecule has 1 heterocycles. The van der Waals surface area contributed by atoms with Crippen LogP contribution in [0.25, 0.3) is 11.3 Å². The predicted molar refractivity (Wildman–Crippen MR) is 62.6 cm³/mol. The molecule has 2 aromatic rings. The maximum absolute atomic E-state index is 13.6. The number of hydrogen-bond donors (Lipinski definition) is 1. The van der Waals surface area contributed by atoms with Gasteiger partial charge in [0.15, 0.2) is 5.82 Å². The van der Waals surface area contributed by atoms with Crippen LogP contribution in [-0.2, 0) is 6.42 Å². The highest BCUT2D eigenvalue weighted by Gasteiger charge is 2.08. The van der Waals surface area contributed by atoms with Crippen LogP contribution >= 0.6 is 0 Å². The van der Waals surface area contributed by atoms with Crippen molar-refractivity contribution in [3.63, 3.8) is 0 Å². The molecule has 1 aromatic heterocycles. The van der Waals surface area contributed by atoms with Gasteiger partial charge in [-0.05, 0) is 19.1 Å². The first kappa shape index (κ1) is 11.6. The summed E-state index contributed by atoms with van der Waals surface area (Å²) in [6.07, 6.45) is 1.97. The molecule has 2 rings (SSSR count). The van der Waals surface area contributed by atoms with Crippen molar-refractivity contribution in [1.29, 1.82) is 0 Å². The molecular formula is C12H13FN4. The average Bonchev–Trinajstić information content (AvgIpc) is 2.29. The van der Waals surface area contributed by atoms with Gasteiger partial charge in [0.2, 0.25) is 0 Å². The summed E-state index contributed by atoms with van der Waals surface area (Å²) in [5.74, 6) is 0.209. The third-order valence-electron chi connectivity index (χ3n) is 2.26. The van der Waals surface area contributed by atoms with Gasteiger partial charge in [0.1, 0.15) is 5.82 Å². The lowest BCUT2D eigenvalue weighted by atomic mass is 10.1. The van der Waals surface area contributed by atoms with Crippen molar-refractivity contribution < 1.29 is 4.39 Å². The van der Waals surface area contributed by atoms with Crippen LogP contribution in [0.3, 0.4) is 0 Å². The van der Waals surface area contributed by atoms with Crippen LogP contribution in [-0.4, -0.2) is 21.2 Å². The molecule has 0 saturated carbocycles. The number of halogens is 1. The Bertz CT molecular complexity index is 513. The Morgan fingerprint density at radius 3 is 2.82 bits per heavy atom. The summed E-state index contributed by atoms with van der Waals surface area (Å²) in [6.45, 7) is 1.86. The SMILES string of the molecule is CC(N)Cc1nncc(-c2ccccc2F)n1. The monoisotopic (exact) mass is 232 g/mol. The molecule has 0 saturated heterocycles. The van der Waals surface area contributed by atoms with Crippen molar-refractivity contribution in [2.75, 3.05) is 0 Å². The third-order valence-corrected chi connectivity index (χ3v) is 2.26. The molecule has 88 valence electrons. The van der Waals surface area contributed by atoms with Gasteiger partial charge in [-0.3, -0.25) is 0 Å². The molecule has 1 aromatic carbocycles. The summed E-state index contributed by atoms with van der Waals surface area (Å²) in [5, 5.41) is 7.69. The quantitative estimate of drug-likeness (QED) is 0.872. The Hall–Kier alpha value is -1.88. The number of nitrogens with two attached hydrogens (primary N) is 1. The Balaban J connectivity index is 2.37. The van der Waals surface area contributed by atoms with Crippen molar-refractivity contribution >= 4 is 0 Å². The van der Waals surface area contributed by atoms with Gasteiger partial charge in [-0.25, -0.2) is 9.37 Å². The third kappa shape index (κ3) is 2.82. The smallest absolute Gasteiger partial charge is 0.153 e. The minimum absolute atomic E-state index is 0.0485. The van der Waals surface area contributed by atoms with Gasteiger partial charge in [-0.1, -0.05) is 12.1 Å². The second-order valence-corrected chi connectivity index (χ2v) is 3.92. The van der Waals surface area contributed by atoms with E-state index in [4.69, 9.17) is 5.73 Å². The van der Waals surface area contributed by atoms with Crippen molar-refractivity contribution in [3.8, 4) is 11.3 Å². The summed E-state index contributed by atoms with van der Waals surface area (Å²) >= 11 is 0. The zero-order valence-electron chi connectivity index (χ0n) is 9.47. The first-order valence-electron chi connectivity index (χ1n) is 5.36. The van der Waals surface area contributed by atoms with Crippen molar-refractivity contribution in [2.45, 2.75) is 19.4 Å². The van der Waals surface area contributed by atoms with Crippen LogP contribution in [0.5, 0.6) is 0 Å². The average molecular weight is 232 g/mol. The maximum atomic E-state index is 13.6. The second-order valence-electron chi connectivity index (χ2n) is 3.92. The summed E-state index contributed by atoms with van der Waals surface area (Å²) in [4.78, 5) is 4.25. The molecular weight excluding hydrogens is 219 g/mol. The molecule has 2 N–H and O–H groups in total. The van der Waals surface area contributed by atoms with Crippen LogP contribution in [0.15, 0.2) is 30.5 Å². The first-order chi connectivity index (χ1) is 8.16. The van der Waals surface area contributed by atoms with Gasteiger partial charge in [-0.2, -0.15) is 5.10 Å². The van der Waals surface area contributed by atoms with E-state index in [1.54, 1.807) is 18.2 Å². The fourth-order valence-electron chi connectivity index (χ4n) is 1.51. The summed E-state index contributed by atoms with van der Waals surface area (Å²) in [7, 11) is 0. The van der Waals surface area contributed by atoms with E-state index in [2.05, 4.69) is 15.2 Å². The Labute approximate surface area is 98.7 Å². The number of hydrogen-bond acceptors (Lipinski definition) is 4. The zero-order chi connectivity index (χ0) is 12.3. The van der Waals surface area contributed by atoms with Crippen LogP contribution in [0.4, 0.5) is 4.39 Å². The Kier molecular flexibility index (Phi) is 3.39. The lowest BCUT2D eigenvalue weighted by molar-refractivity contribution is 0.629. The predicted octanol–water partition coefficient (Wildman–Crippen LogP) is 1.57. The van der Waals surface area contributed by atoms with Crippen molar-refractivity contribution in [3.05, 3.63) is 42.1 Å². The second kappa shape index (κ2) is 4.97. The molecule has 0 fully saturated rings. The van der Waals surface area contributed by atoms with Gasteiger partial charge in [-0.15, -0.1) is 5.10 Å². The van der Waals surface area contributed by atoms with E-state index in [9.17, 15) is 4.39 Å². The van der Waals surface area contributed by atoms with Gasteiger partial charge in [0.25, 0.3) is 0 Å². The highest BCUT2D eigenvalue weighted by molar-refractivity contribution is 5.58. The van der Waals surface area contributed by atoms with E-state index in [1.807, 2.05) is 6.92 Å². The summed E-state index contributed by atoms with van der Waals surface area (Å²) in [6, 6.07) is 6.40. The van der Waals surface area contributed by atoms with E-state index >= 15 is 0 Å². The van der Waals surface area contributed by atoms with E-state index in [0.717, 1.165) is 0 Å².